The van der Waals surface area contributed by atoms with Crippen LogP contribution in [0.15, 0.2) is 0 Å². The number of nitrogens with zero attached hydrogens (tertiary/aromatic N) is 1. The Morgan fingerprint density at radius 3 is 2.60 bits per heavy atom. The Labute approximate surface area is 120 Å². The number of hydrogen-bond acceptors (Lipinski definition) is 7. The quantitative estimate of drug-likeness (QED) is 0.428. The van der Waals surface area contributed by atoms with Crippen molar-refractivity contribution < 1.29 is 24.2 Å². The number of aromatic carboxylic acids is 1. The van der Waals surface area contributed by atoms with Crippen LogP contribution < -0.4 is 5.32 Å². The Morgan fingerprint density at radius 2 is 2.10 bits per heavy atom. The number of esters is 1. The fourth-order valence-electron chi connectivity index (χ4n) is 1.44. The van der Waals surface area contributed by atoms with E-state index in [9.17, 15) is 14.4 Å². The third-order valence-corrected chi connectivity index (χ3v) is 3.40. The van der Waals surface area contributed by atoms with Crippen molar-refractivity contribution in [3.8, 4) is 0 Å². The fraction of sp³-hybridized carbons (Fsp3) is 0.500. The first-order chi connectivity index (χ1) is 9.45. The van der Waals surface area contributed by atoms with Crippen molar-refractivity contribution in [1.29, 1.82) is 0 Å². The van der Waals surface area contributed by atoms with E-state index in [1.807, 2.05) is 0 Å². The van der Waals surface area contributed by atoms with Gasteiger partial charge >= 0.3 is 11.9 Å². The van der Waals surface area contributed by atoms with Crippen molar-refractivity contribution in [1.82, 2.24) is 4.98 Å². The number of ketones is 1. The number of carboxylic acid groups (broad SMARTS) is 1. The van der Waals surface area contributed by atoms with Gasteiger partial charge in [0.2, 0.25) is 0 Å². The topological polar surface area (TPSA) is 106 Å². The summed E-state index contributed by atoms with van der Waals surface area (Å²) >= 11 is 0.996. The molecule has 1 heterocycles. The number of rotatable bonds is 8. The summed E-state index contributed by atoms with van der Waals surface area (Å²) in [6.45, 7) is 3.83. The number of thiazole rings is 1. The van der Waals surface area contributed by atoms with E-state index in [4.69, 9.17) is 9.84 Å². The molecule has 0 unspecified atom stereocenters. The summed E-state index contributed by atoms with van der Waals surface area (Å²) in [5, 5.41) is 12.2. The second-order valence-electron chi connectivity index (χ2n) is 3.89. The molecule has 0 amide bonds. The van der Waals surface area contributed by atoms with Crippen molar-refractivity contribution in [3.05, 3.63) is 10.6 Å². The number of carbonyl (C=O) groups excluding carboxylic acids is 2. The second kappa shape index (κ2) is 7.59. The van der Waals surface area contributed by atoms with Crippen molar-refractivity contribution in [3.63, 3.8) is 0 Å². The smallest absolute Gasteiger partial charge is 0.356 e. The molecule has 0 saturated carbocycles. The van der Waals surface area contributed by atoms with Gasteiger partial charge in [-0.3, -0.25) is 9.59 Å². The molecule has 0 saturated heterocycles. The number of Topliss-reactive ketones (excluding diaryl/α,β-unsaturated/α-hetero) is 1. The van der Waals surface area contributed by atoms with Crippen LogP contribution in [0.1, 0.15) is 46.8 Å². The minimum absolute atomic E-state index is 0.116. The van der Waals surface area contributed by atoms with E-state index in [0.717, 1.165) is 11.3 Å². The molecule has 0 aromatic carbocycles. The molecule has 7 nitrogen and oxygen atoms in total. The average Bonchev–Trinajstić information content (AvgIpc) is 2.79. The Kier molecular flexibility index (Phi) is 6.10. The third-order valence-electron chi connectivity index (χ3n) is 2.29. The van der Waals surface area contributed by atoms with Gasteiger partial charge in [0.15, 0.2) is 16.6 Å². The number of anilines is 1. The largest absolute Gasteiger partial charge is 0.476 e. The number of hydrogen-bond donors (Lipinski definition) is 2. The van der Waals surface area contributed by atoms with Gasteiger partial charge in [0.25, 0.3) is 0 Å². The number of aromatic nitrogens is 1. The van der Waals surface area contributed by atoms with Crippen molar-refractivity contribution in [2.45, 2.75) is 26.7 Å². The Balaban J connectivity index is 2.53. The lowest BCUT2D eigenvalue weighted by molar-refractivity contribution is -0.143. The summed E-state index contributed by atoms with van der Waals surface area (Å²) in [5.74, 6) is -1.84. The highest BCUT2D eigenvalue weighted by molar-refractivity contribution is 7.17. The minimum atomic E-state index is -1.23. The highest BCUT2D eigenvalue weighted by Gasteiger charge is 2.20. The maximum absolute atomic E-state index is 11.3. The lowest BCUT2D eigenvalue weighted by Crippen LogP contribution is -2.08. The summed E-state index contributed by atoms with van der Waals surface area (Å²) in [7, 11) is 0. The monoisotopic (exact) mass is 300 g/mol. The molecule has 1 aromatic heterocycles. The maximum Gasteiger partial charge on any atom is 0.356 e. The molecule has 0 fully saturated rings. The first-order valence-electron chi connectivity index (χ1n) is 6.10. The molecule has 0 aliphatic rings. The fourth-order valence-corrected chi connectivity index (χ4v) is 2.32. The van der Waals surface area contributed by atoms with E-state index in [1.165, 1.54) is 6.92 Å². The van der Waals surface area contributed by atoms with E-state index in [2.05, 4.69) is 10.3 Å². The number of carbonyl (C=O) groups is 3. The average molecular weight is 300 g/mol. The molecule has 20 heavy (non-hydrogen) atoms. The second-order valence-corrected chi connectivity index (χ2v) is 4.89. The molecular formula is C12H16N2O5S. The van der Waals surface area contributed by atoms with Gasteiger partial charge in [-0.15, -0.1) is 0 Å². The van der Waals surface area contributed by atoms with Gasteiger partial charge in [-0.2, -0.15) is 0 Å². The molecular weight excluding hydrogens is 284 g/mol. The molecule has 110 valence electrons. The Bertz CT molecular complexity index is 480. The summed E-state index contributed by atoms with van der Waals surface area (Å²) in [4.78, 5) is 37.3. The predicted octanol–water partition coefficient (Wildman–Crippen LogP) is 1.80. The molecule has 0 atom stereocenters. The minimum Gasteiger partial charge on any atom is -0.476 e. The van der Waals surface area contributed by atoms with Gasteiger partial charge in [0.05, 0.1) is 6.61 Å². The van der Waals surface area contributed by atoms with Crippen molar-refractivity contribution in [2.24, 2.45) is 0 Å². The number of ether oxygens (including phenoxy) is 1. The zero-order chi connectivity index (χ0) is 15.1. The van der Waals surface area contributed by atoms with E-state index in [-0.39, 0.29) is 28.7 Å². The summed E-state index contributed by atoms with van der Waals surface area (Å²) < 4.78 is 4.78. The lowest BCUT2D eigenvalue weighted by atomic mass is 10.3. The van der Waals surface area contributed by atoms with Crippen LogP contribution in [0, 0.1) is 0 Å². The Hall–Kier alpha value is -1.96. The van der Waals surface area contributed by atoms with Crippen molar-refractivity contribution >= 4 is 34.2 Å². The van der Waals surface area contributed by atoms with Crippen LogP contribution in [0.3, 0.4) is 0 Å². The zero-order valence-electron chi connectivity index (χ0n) is 11.3. The summed E-state index contributed by atoms with van der Waals surface area (Å²) in [6, 6.07) is 0. The number of nitrogens with one attached hydrogen (secondary N) is 1. The van der Waals surface area contributed by atoms with E-state index < -0.39 is 5.97 Å². The first-order valence-corrected chi connectivity index (χ1v) is 6.91. The van der Waals surface area contributed by atoms with Crippen LogP contribution in [0.5, 0.6) is 0 Å². The molecule has 0 bridgehead atoms. The normalized spacial score (nSPS) is 10.1. The van der Waals surface area contributed by atoms with Gasteiger partial charge in [-0.05, 0) is 13.3 Å². The molecule has 0 spiro atoms. The van der Waals surface area contributed by atoms with Crippen LogP contribution in [-0.2, 0) is 9.53 Å². The summed E-state index contributed by atoms with van der Waals surface area (Å²) in [5.41, 5.74) is -0.240. The van der Waals surface area contributed by atoms with Crippen LogP contribution in [0.25, 0.3) is 0 Å². The Morgan fingerprint density at radius 1 is 1.40 bits per heavy atom. The molecule has 2 N–H and O–H groups in total. The van der Waals surface area contributed by atoms with Crippen LogP contribution >= 0.6 is 11.3 Å². The summed E-state index contributed by atoms with van der Waals surface area (Å²) in [6.07, 6.45) is 0.813. The lowest BCUT2D eigenvalue weighted by Gasteiger charge is -2.02. The molecule has 1 rings (SSSR count). The third kappa shape index (κ3) is 4.61. The van der Waals surface area contributed by atoms with Gasteiger partial charge in [-0.1, -0.05) is 11.3 Å². The van der Waals surface area contributed by atoms with Gasteiger partial charge in [0.1, 0.15) is 4.88 Å². The molecule has 0 radical (unpaired) electrons. The van der Waals surface area contributed by atoms with Crippen LogP contribution in [-0.4, -0.2) is 41.0 Å². The SMILES string of the molecule is CCOC(=O)CCCNc1nc(C(=O)O)c(C(C)=O)s1. The standard InChI is InChI=1S/C12H16N2O5S/c1-3-19-8(16)5-4-6-13-12-14-9(11(17)18)10(20-12)7(2)15/h3-6H2,1-2H3,(H,13,14)(H,17,18). The molecule has 1 aromatic rings. The number of carboxylic acids is 1. The van der Waals surface area contributed by atoms with Crippen LogP contribution in [0.2, 0.25) is 0 Å². The van der Waals surface area contributed by atoms with Gasteiger partial charge in [0, 0.05) is 19.9 Å². The van der Waals surface area contributed by atoms with Gasteiger partial charge < -0.3 is 15.2 Å². The van der Waals surface area contributed by atoms with E-state index >= 15 is 0 Å². The highest BCUT2D eigenvalue weighted by atomic mass is 32.1. The maximum atomic E-state index is 11.3. The molecule has 8 heteroatoms. The van der Waals surface area contributed by atoms with Gasteiger partial charge in [-0.25, -0.2) is 9.78 Å². The van der Waals surface area contributed by atoms with Crippen LogP contribution in [0.4, 0.5) is 5.13 Å². The zero-order valence-corrected chi connectivity index (χ0v) is 12.1. The predicted molar refractivity (Wildman–Crippen MR) is 73.4 cm³/mol. The molecule has 0 aliphatic carbocycles. The van der Waals surface area contributed by atoms with E-state index in [1.54, 1.807) is 6.92 Å². The highest BCUT2D eigenvalue weighted by Crippen LogP contribution is 2.23. The van der Waals surface area contributed by atoms with E-state index in [0.29, 0.717) is 24.7 Å². The van der Waals surface area contributed by atoms with Crippen molar-refractivity contribution in [2.75, 3.05) is 18.5 Å². The molecule has 0 aliphatic heterocycles. The first kappa shape index (κ1) is 16.1.